The van der Waals surface area contributed by atoms with Gasteiger partial charge in [-0.1, -0.05) is 0 Å². The van der Waals surface area contributed by atoms with Crippen LogP contribution in [-0.2, 0) is 14.3 Å². The zero-order valence-electron chi connectivity index (χ0n) is 14.2. The summed E-state index contributed by atoms with van der Waals surface area (Å²) in [4.78, 5) is 38.4. The molecule has 11 nitrogen and oxygen atoms in total. The Morgan fingerprint density at radius 3 is 2.42 bits per heavy atom. The minimum absolute atomic E-state index is 0.0994. The number of carboxylic acids is 1. The molecule has 6 atom stereocenters. The number of carboxylic acid groups (broad SMARTS) is 1. The van der Waals surface area contributed by atoms with Crippen molar-refractivity contribution >= 4 is 31.6 Å². The van der Waals surface area contributed by atoms with Gasteiger partial charge in [-0.25, -0.2) is 4.99 Å². The third-order valence-corrected chi connectivity index (χ3v) is 4.22. The lowest BCUT2D eigenvalue weighted by Gasteiger charge is -2.34. The molecule has 1 aliphatic rings. The maximum absolute atomic E-state index is 11.6. The third kappa shape index (κ3) is 5.59. The molecule has 1 aliphatic carbocycles. The average molecular weight is 370 g/mol. The SMILES string of the molecule is [B]C(=O)O[C@H]1[C@@H]([C@H](NC(C)=O)[C@@H](O)CCO)[C@H](N=C(N)N)C[C@@H]1C(=O)O. The summed E-state index contributed by atoms with van der Waals surface area (Å²) >= 11 is 0. The van der Waals surface area contributed by atoms with Crippen LogP contribution in [0.1, 0.15) is 19.8 Å². The average Bonchev–Trinajstić information content (AvgIpc) is 2.81. The predicted molar refractivity (Wildman–Crippen MR) is 90.2 cm³/mol. The highest BCUT2D eigenvalue weighted by atomic mass is 16.5. The lowest BCUT2D eigenvalue weighted by Crippen LogP contribution is -2.54. The van der Waals surface area contributed by atoms with Crippen LogP contribution in [0.25, 0.3) is 0 Å². The Bertz CT molecular complexity index is 569. The van der Waals surface area contributed by atoms with Crippen LogP contribution in [0.2, 0.25) is 0 Å². The molecule has 0 saturated heterocycles. The van der Waals surface area contributed by atoms with E-state index >= 15 is 0 Å². The van der Waals surface area contributed by atoms with Crippen molar-refractivity contribution < 1.29 is 34.4 Å². The van der Waals surface area contributed by atoms with E-state index in [1.54, 1.807) is 0 Å². The summed E-state index contributed by atoms with van der Waals surface area (Å²) in [6, 6.07) is -1.95. The number of rotatable bonds is 8. The van der Waals surface area contributed by atoms with Gasteiger partial charge in [0.25, 0.3) is 0 Å². The standard InChI is InChI=1S/C14H23BN4O7/c1-5(21)18-10(8(22)2-3-20)9-7(19-14(16)17)4-6(12(23)24)11(9)26-13(15)25/h6-11,20,22H,2-4H2,1H3,(H,18,21)(H,23,24)(H4,16,17,19)/t6-,7+,8-,9+,10+,11+/m0/s1. The molecule has 1 saturated carbocycles. The number of carbonyl (C=O) groups is 3. The molecule has 1 rings (SSSR count). The lowest BCUT2D eigenvalue weighted by molar-refractivity contribution is -0.145. The van der Waals surface area contributed by atoms with E-state index in [-0.39, 0.29) is 25.4 Å². The number of hydrogen-bond acceptors (Lipinski definition) is 7. The topological polar surface area (TPSA) is 198 Å². The number of hydrogen-bond donors (Lipinski definition) is 6. The fraction of sp³-hybridized carbons (Fsp3) is 0.714. The van der Waals surface area contributed by atoms with Crippen molar-refractivity contribution in [1.29, 1.82) is 0 Å². The van der Waals surface area contributed by atoms with E-state index in [9.17, 15) is 24.6 Å². The van der Waals surface area contributed by atoms with Gasteiger partial charge in [0.1, 0.15) is 6.10 Å². The molecular weight excluding hydrogens is 347 g/mol. The van der Waals surface area contributed by atoms with Crippen LogP contribution in [0, 0.1) is 11.8 Å². The quantitative estimate of drug-likeness (QED) is 0.149. The molecule has 1 amide bonds. The van der Waals surface area contributed by atoms with Crippen molar-refractivity contribution in [3.8, 4) is 0 Å². The second-order valence-electron chi connectivity index (χ2n) is 6.09. The van der Waals surface area contributed by atoms with E-state index in [4.69, 9.17) is 29.2 Å². The van der Waals surface area contributed by atoms with Crippen molar-refractivity contribution in [1.82, 2.24) is 5.32 Å². The normalized spacial score (nSPS) is 27.2. The first kappa shape index (κ1) is 21.7. The van der Waals surface area contributed by atoms with E-state index in [1.807, 2.05) is 0 Å². The molecule has 8 N–H and O–H groups in total. The van der Waals surface area contributed by atoms with Crippen molar-refractivity contribution in [2.24, 2.45) is 28.3 Å². The van der Waals surface area contributed by atoms with E-state index in [0.29, 0.717) is 0 Å². The first-order valence-electron chi connectivity index (χ1n) is 7.92. The molecule has 1 fully saturated rings. The number of carbonyl (C=O) groups excluding carboxylic acids is 2. The first-order valence-corrected chi connectivity index (χ1v) is 7.92. The fourth-order valence-corrected chi connectivity index (χ4v) is 3.34. The summed E-state index contributed by atoms with van der Waals surface area (Å²) in [5.41, 5.74) is 10.8. The van der Waals surface area contributed by atoms with E-state index in [1.165, 1.54) is 6.92 Å². The van der Waals surface area contributed by atoms with Gasteiger partial charge < -0.3 is 36.8 Å². The number of nitrogens with one attached hydrogen (secondary N) is 1. The van der Waals surface area contributed by atoms with Crippen LogP contribution in [-0.4, -0.2) is 77.8 Å². The Morgan fingerprint density at radius 2 is 2.00 bits per heavy atom. The van der Waals surface area contributed by atoms with E-state index < -0.39 is 53.9 Å². The van der Waals surface area contributed by atoms with Crippen LogP contribution in [0.4, 0.5) is 4.79 Å². The summed E-state index contributed by atoms with van der Waals surface area (Å²) in [7, 11) is 5.05. The van der Waals surface area contributed by atoms with Gasteiger partial charge in [0.2, 0.25) is 19.6 Å². The van der Waals surface area contributed by atoms with Crippen molar-refractivity contribution in [3.63, 3.8) is 0 Å². The Morgan fingerprint density at radius 1 is 1.38 bits per heavy atom. The molecule has 0 spiro atoms. The lowest BCUT2D eigenvalue weighted by atomic mass is 9.86. The van der Waals surface area contributed by atoms with Gasteiger partial charge in [-0.05, 0) is 12.8 Å². The van der Waals surface area contributed by atoms with Crippen molar-refractivity contribution in [3.05, 3.63) is 0 Å². The summed E-state index contributed by atoms with van der Waals surface area (Å²) < 4.78 is 4.98. The van der Waals surface area contributed by atoms with Gasteiger partial charge in [0, 0.05) is 19.4 Å². The van der Waals surface area contributed by atoms with Crippen LogP contribution in [0.5, 0.6) is 0 Å². The summed E-state index contributed by atoms with van der Waals surface area (Å²) in [6.45, 7) is 0.808. The van der Waals surface area contributed by atoms with Gasteiger partial charge in [-0.15, -0.1) is 0 Å². The van der Waals surface area contributed by atoms with Gasteiger partial charge in [0.05, 0.1) is 24.1 Å². The highest BCUT2D eigenvalue weighted by Gasteiger charge is 2.53. The Kier molecular flexibility index (Phi) is 7.84. The number of nitrogens with two attached hydrogens (primary N) is 2. The number of ether oxygens (including phenoxy) is 1. The van der Waals surface area contributed by atoms with Gasteiger partial charge >= 0.3 is 5.97 Å². The molecule has 0 bridgehead atoms. The van der Waals surface area contributed by atoms with Crippen molar-refractivity contribution in [2.45, 2.75) is 44.1 Å². The predicted octanol–water partition coefficient (Wildman–Crippen LogP) is -2.73. The van der Waals surface area contributed by atoms with Crippen LogP contribution >= 0.6 is 0 Å². The molecule has 0 aliphatic heterocycles. The number of guanidine groups is 1. The maximum Gasteiger partial charge on any atom is 0.310 e. The van der Waals surface area contributed by atoms with Gasteiger partial charge in [0.15, 0.2) is 5.96 Å². The first-order chi connectivity index (χ1) is 12.1. The molecular formula is C14H23BN4O7. The molecule has 2 radical (unpaired) electrons. The van der Waals surface area contributed by atoms with Gasteiger partial charge in [-0.3, -0.25) is 14.4 Å². The van der Waals surface area contributed by atoms with Crippen LogP contribution in [0.15, 0.2) is 4.99 Å². The van der Waals surface area contributed by atoms with E-state index in [0.717, 1.165) is 0 Å². The fourth-order valence-electron chi connectivity index (χ4n) is 3.34. The number of aliphatic imine (C=N–C) groups is 1. The monoisotopic (exact) mass is 370 g/mol. The van der Waals surface area contributed by atoms with Crippen LogP contribution < -0.4 is 16.8 Å². The minimum Gasteiger partial charge on any atom is -0.481 e. The smallest absolute Gasteiger partial charge is 0.310 e. The molecule has 0 aromatic heterocycles. The number of nitrogens with zero attached hydrogens (tertiary/aromatic N) is 1. The Balaban J connectivity index is 3.38. The van der Waals surface area contributed by atoms with Crippen LogP contribution in [0.3, 0.4) is 0 Å². The molecule has 144 valence electrons. The number of aliphatic hydroxyl groups excluding tert-OH is 2. The minimum atomic E-state index is -1.29. The summed E-state index contributed by atoms with van der Waals surface area (Å²) in [5.74, 6) is -5.51. The second-order valence-corrected chi connectivity index (χ2v) is 6.09. The van der Waals surface area contributed by atoms with Crippen molar-refractivity contribution in [2.75, 3.05) is 6.61 Å². The number of amides is 1. The second kappa shape index (κ2) is 9.39. The number of aliphatic carboxylic acids is 1. The maximum atomic E-state index is 11.6. The highest BCUT2D eigenvalue weighted by molar-refractivity contribution is 6.55. The molecule has 26 heavy (non-hydrogen) atoms. The molecule has 0 aromatic rings. The van der Waals surface area contributed by atoms with E-state index in [2.05, 4.69) is 10.3 Å². The third-order valence-electron chi connectivity index (χ3n) is 4.22. The largest absolute Gasteiger partial charge is 0.481 e. The Hall–Kier alpha value is -2.34. The summed E-state index contributed by atoms with van der Waals surface area (Å²) in [6.07, 6.45) is -2.77. The molecule has 0 heterocycles. The number of aliphatic hydroxyl groups is 2. The molecule has 12 heteroatoms. The zero-order chi connectivity index (χ0) is 20.0. The Labute approximate surface area is 151 Å². The molecule has 0 unspecified atom stereocenters. The summed E-state index contributed by atoms with van der Waals surface area (Å²) in [5, 5.41) is 31.4. The molecule has 0 aromatic carbocycles. The zero-order valence-corrected chi connectivity index (χ0v) is 14.2. The highest BCUT2D eigenvalue weighted by Crippen LogP contribution is 2.39. The van der Waals surface area contributed by atoms with Gasteiger partial charge in [-0.2, -0.15) is 0 Å².